The second-order valence-corrected chi connectivity index (χ2v) is 4.15. The molecular formula is C10H11N2OS+. The molecule has 0 radical (unpaired) electrons. The Morgan fingerprint density at radius 2 is 2.14 bits per heavy atom. The topological polar surface area (TPSA) is 33.0 Å². The van der Waals surface area contributed by atoms with Gasteiger partial charge in [-0.25, -0.2) is 14.7 Å². The van der Waals surface area contributed by atoms with Crippen LogP contribution in [0.25, 0.3) is 10.2 Å². The number of benzene rings is 1. The average molecular weight is 207 g/mol. The first-order valence-corrected chi connectivity index (χ1v) is 5.15. The lowest BCUT2D eigenvalue weighted by molar-refractivity contribution is -0.626. The van der Waals surface area contributed by atoms with Crippen LogP contribution in [-0.2, 0) is 11.8 Å². The Kier molecular flexibility index (Phi) is 2.21. The Labute approximate surface area is 86.0 Å². The van der Waals surface area contributed by atoms with Crippen LogP contribution < -0.4 is 9.88 Å². The van der Waals surface area contributed by atoms with Gasteiger partial charge in [-0.2, -0.15) is 0 Å². The molecule has 3 nitrogen and oxygen atoms in total. The molecule has 0 saturated heterocycles. The zero-order valence-corrected chi connectivity index (χ0v) is 8.89. The molecule has 72 valence electrons. The Bertz CT molecular complexity index is 490. The van der Waals surface area contributed by atoms with E-state index in [9.17, 15) is 4.79 Å². The average Bonchev–Trinajstić information content (AvgIpc) is 2.44. The number of fused-ring (bicyclic) bond motifs is 1. The van der Waals surface area contributed by atoms with Crippen molar-refractivity contribution in [2.24, 2.45) is 7.05 Å². The minimum atomic E-state index is -0.0350. The number of carbonyl (C=O) groups excluding carboxylic acids is 1. The first kappa shape index (κ1) is 9.15. The summed E-state index contributed by atoms with van der Waals surface area (Å²) in [7, 11) is 1.95. The van der Waals surface area contributed by atoms with Crippen LogP contribution in [0.3, 0.4) is 0 Å². The van der Waals surface area contributed by atoms with Crippen molar-refractivity contribution in [3.05, 3.63) is 24.3 Å². The van der Waals surface area contributed by atoms with Gasteiger partial charge in [0.25, 0.3) is 0 Å². The second-order valence-electron chi connectivity index (χ2n) is 3.12. The number of anilines is 1. The van der Waals surface area contributed by atoms with Crippen molar-refractivity contribution in [3.63, 3.8) is 0 Å². The summed E-state index contributed by atoms with van der Waals surface area (Å²) in [5.74, 6) is -0.0350. The summed E-state index contributed by atoms with van der Waals surface area (Å²) in [4.78, 5) is 10.9. The summed E-state index contributed by atoms with van der Waals surface area (Å²) >= 11 is 1.58. The normalized spacial score (nSPS) is 10.4. The Morgan fingerprint density at radius 1 is 1.43 bits per heavy atom. The maximum atomic E-state index is 10.9. The molecule has 14 heavy (non-hydrogen) atoms. The van der Waals surface area contributed by atoms with Gasteiger partial charge in [-0.3, -0.25) is 0 Å². The van der Waals surface area contributed by atoms with Gasteiger partial charge in [0.05, 0.1) is 11.7 Å². The number of rotatable bonds is 1. The fourth-order valence-electron chi connectivity index (χ4n) is 1.36. The summed E-state index contributed by atoms with van der Waals surface area (Å²) in [6.07, 6.45) is 0. The third-order valence-corrected chi connectivity index (χ3v) is 3.16. The summed E-state index contributed by atoms with van der Waals surface area (Å²) in [6, 6.07) is 8.07. The van der Waals surface area contributed by atoms with E-state index in [2.05, 4.69) is 5.32 Å². The molecule has 0 unspecified atom stereocenters. The van der Waals surface area contributed by atoms with Crippen molar-refractivity contribution in [2.75, 3.05) is 5.32 Å². The molecule has 0 aliphatic carbocycles. The fraction of sp³-hybridized carbons (Fsp3) is 0.200. The van der Waals surface area contributed by atoms with Gasteiger partial charge in [0, 0.05) is 6.92 Å². The van der Waals surface area contributed by atoms with Gasteiger partial charge in [-0.1, -0.05) is 12.1 Å². The standard InChI is InChI=1S/C10H10N2OS/c1-7(13)11-10-12(2)8-5-3-4-6-9(8)14-10/h3-6H,1-2H3/p+1. The number of aryl methyl sites for hydroxylation is 1. The molecule has 1 heterocycles. The molecule has 1 aromatic carbocycles. The molecule has 0 aliphatic heterocycles. The summed E-state index contributed by atoms with van der Waals surface area (Å²) in [5, 5.41) is 3.68. The third kappa shape index (κ3) is 1.48. The summed E-state index contributed by atoms with van der Waals surface area (Å²) in [5.41, 5.74) is 1.14. The molecule has 0 atom stereocenters. The zero-order chi connectivity index (χ0) is 10.1. The monoisotopic (exact) mass is 207 g/mol. The van der Waals surface area contributed by atoms with E-state index in [0.717, 1.165) is 10.6 Å². The lowest BCUT2D eigenvalue weighted by Crippen LogP contribution is -2.31. The number of hydrogen-bond donors (Lipinski definition) is 1. The zero-order valence-electron chi connectivity index (χ0n) is 8.07. The highest BCUT2D eigenvalue weighted by Crippen LogP contribution is 2.22. The number of amides is 1. The smallest absolute Gasteiger partial charge is 0.247 e. The molecule has 2 rings (SSSR count). The molecular weight excluding hydrogens is 196 g/mol. The SMILES string of the molecule is CC(=O)Nc1sc2ccccc2[n+]1C. The molecule has 1 N–H and O–H groups in total. The van der Waals surface area contributed by atoms with E-state index in [4.69, 9.17) is 0 Å². The van der Waals surface area contributed by atoms with E-state index >= 15 is 0 Å². The molecule has 1 aromatic heterocycles. The van der Waals surface area contributed by atoms with Crippen LogP contribution in [0, 0.1) is 0 Å². The van der Waals surface area contributed by atoms with Gasteiger partial charge in [0.15, 0.2) is 0 Å². The van der Waals surface area contributed by atoms with Crippen molar-refractivity contribution in [1.82, 2.24) is 0 Å². The van der Waals surface area contributed by atoms with Crippen LogP contribution in [0.2, 0.25) is 0 Å². The third-order valence-electron chi connectivity index (χ3n) is 2.02. The highest BCUT2D eigenvalue weighted by molar-refractivity contribution is 7.21. The maximum absolute atomic E-state index is 10.9. The van der Waals surface area contributed by atoms with Gasteiger partial charge < -0.3 is 0 Å². The summed E-state index contributed by atoms with van der Waals surface area (Å²) < 4.78 is 3.17. The number of hydrogen-bond acceptors (Lipinski definition) is 2. The van der Waals surface area contributed by atoms with Crippen LogP contribution in [0.15, 0.2) is 24.3 Å². The van der Waals surface area contributed by atoms with E-state index in [1.807, 2.05) is 35.9 Å². The lowest BCUT2D eigenvalue weighted by atomic mass is 10.3. The highest BCUT2D eigenvalue weighted by atomic mass is 32.1. The minimum absolute atomic E-state index is 0.0350. The first-order valence-electron chi connectivity index (χ1n) is 4.33. The first-order chi connectivity index (χ1) is 6.68. The number of thiazole rings is 1. The second kappa shape index (κ2) is 3.38. The van der Waals surface area contributed by atoms with Gasteiger partial charge in [-0.15, -0.1) is 0 Å². The molecule has 0 fully saturated rings. The fourth-order valence-corrected chi connectivity index (χ4v) is 2.46. The van der Waals surface area contributed by atoms with E-state index in [-0.39, 0.29) is 5.91 Å². The molecule has 0 saturated carbocycles. The molecule has 0 bridgehead atoms. The van der Waals surface area contributed by atoms with Crippen LogP contribution in [-0.4, -0.2) is 5.91 Å². The maximum Gasteiger partial charge on any atom is 0.342 e. The number of para-hydroxylation sites is 1. The van der Waals surface area contributed by atoms with Crippen LogP contribution in [0.5, 0.6) is 0 Å². The molecule has 4 heteroatoms. The summed E-state index contributed by atoms with van der Waals surface area (Å²) in [6.45, 7) is 1.52. The van der Waals surface area contributed by atoms with Gasteiger partial charge in [0.2, 0.25) is 0 Å². The van der Waals surface area contributed by atoms with Crippen molar-refractivity contribution in [1.29, 1.82) is 0 Å². The van der Waals surface area contributed by atoms with Crippen LogP contribution in [0.1, 0.15) is 6.92 Å². The highest BCUT2D eigenvalue weighted by Gasteiger charge is 2.15. The van der Waals surface area contributed by atoms with E-state index in [1.54, 1.807) is 11.3 Å². The predicted molar refractivity (Wildman–Crippen MR) is 57.3 cm³/mol. The molecule has 1 amide bonds. The Morgan fingerprint density at radius 3 is 2.79 bits per heavy atom. The van der Waals surface area contributed by atoms with Crippen molar-refractivity contribution in [2.45, 2.75) is 6.92 Å². The Hall–Kier alpha value is -1.42. The van der Waals surface area contributed by atoms with Crippen LogP contribution >= 0.6 is 11.3 Å². The largest absolute Gasteiger partial charge is 0.342 e. The van der Waals surface area contributed by atoms with Crippen LogP contribution in [0.4, 0.5) is 5.13 Å². The minimum Gasteiger partial charge on any atom is -0.247 e. The number of nitrogens with zero attached hydrogens (tertiary/aromatic N) is 1. The van der Waals surface area contributed by atoms with Gasteiger partial charge in [-0.05, 0) is 23.5 Å². The van der Waals surface area contributed by atoms with E-state index in [0.29, 0.717) is 0 Å². The lowest BCUT2D eigenvalue weighted by Gasteiger charge is -1.91. The van der Waals surface area contributed by atoms with Crippen molar-refractivity contribution < 1.29 is 9.36 Å². The van der Waals surface area contributed by atoms with E-state index in [1.165, 1.54) is 11.6 Å². The Balaban J connectivity index is 2.57. The number of aromatic nitrogens is 1. The quantitative estimate of drug-likeness (QED) is 0.709. The molecule has 0 aliphatic rings. The van der Waals surface area contributed by atoms with Gasteiger partial charge >= 0.3 is 11.0 Å². The number of nitrogens with one attached hydrogen (secondary N) is 1. The van der Waals surface area contributed by atoms with Crippen molar-refractivity contribution in [3.8, 4) is 0 Å². The van der Waals surface area contributed by atoms with E-state index < -0.39 is 0 Å². The number of carbonyl (C=O) groups is 1. The molecule has 0 spiro atoms. The predicted octanol–water partition coefficient (Wildman–Crippen LogP) is 1.68. The van der Waals surface area contributed by atoms with Crippen molar-refractivity contribution >= 4 is 32.6 Å². The van der Waals surface area contributed by atoms with Gasteiger partial charge in [0.1, 0.15) is 5.52 Å². The molecule has 2 aromatic rings.